The molecular formula is C21H21N2+. The topological polar surface area (TPSA) is 15.0 Å². The van der Waals surface area contributed by atoms with Crippen molar-refractivity contribution in [3.05, 3.63) is 116 Å². The van der Waals surface area contributed by atoms with Gasteiger partial charge in [-0.1, -0.05) is 68.3 Å². The molecule has 2 nitrogen and oxygen atoms in total. The van der Waals surface area contributed by atoms with Crippen LogP contribution < -0.4 is 5.32 Å². The number of amidine groups is 1. The summed E-state index contributed by atoms with van der Waals surface area (Å²) in [6.07, 6.45) is 7.21. The van der Waals surface area contributed by atoms with Crippen LogP contribution in [0.5, 0.6) is 0 Å². The molecule has 0 aliphatic rings. The van der Waals surface area contributed by atoms with Crippen LogP contribution in [0.2, 0.25) is 0 Å². The van der Waals surface area contributed by atoms with E-state index in [-0.39, 0.29) is 0 Å². The van der Waals surface area contributed by atoms with Gasteiger partial charge >= 0.3 is 0 Å². The molecule has 0 aromatic heterocycles. The standard InChI is InChI=1S/C21H20N2/c1-4-6-13-18(3)23(5-2)21(19-14-9-7-10-15-19)22-20-16-11-8-12-17-20/h4-17H,1-3H2/p+1/b13-6-. The average Bonchev–Trinajstić information content (AvgIpc) is 2.61. The second-order valence-electron chi connectivity index (χ2n) is 4.84. The fraction of sp³-hybridized carbons (Fsp3) is 0. The van der Waals surface area contributed by atoms with E-state index in [0.717, 1.165) is 22.8 Å². The first-order chi connectivity index (χ1) is 11.3. The molecule has 2 aromatic carbocycles. The Bertz CT molecular complexity index is 738. The third-order valence-corrected chi connectivity index (χ3v) is 3.24. The van der Waals surface area contributed by atoms with E-state index in [2.05, 4.69) is 25.1 Å². The van der Waals surface area contributed by atoms with E-state index in [1.165, 1.54) is 0 Å². The maximum absolute atomic E-state index is 4.11. The van der Waals surface area contributed by atoms with E-state index in [0.29, 0.717) is 0 Å². The van der Waals surface area contributed by atoms with E-state index in [1.54, 1.807) is 12.3 Å². The molecule has 0 aliphatic carbocycles. The van der Waals surface area contributed by atoms with Crippen LogP contribution in [-0.4, -0.2) is 10.4 Å². The number of allylic oxidation sites excluding steroid dienone is 3. The zero-order valence-electron chi connectivity index (χ0n) is 13.2. The summed E-state index contributed by atoms with van der Waals surface area (Å²) in [6.45, 7) is 11.7. The molecule has 0 atom stereocenters. The van der Waals surface area contributed by atoms with Crippen molar-refractivity contribution < 1.29 is 4.58 Å². The second kappa shape index (κ2) is 8.35. The summed E-state index contributed by atoms with van der Waals surface area (Å²) < 4.78 is 1.92. The van der Waals surface area contributed by atoms with Gasteiger partial charge < -0.3 is 0 Å². The molecular weight excluding hydrogens is 280 g/mol. The van der Waals surface area contributed by atoms with Gasteiger partial charge in [-0.2, -0.15) is 0 Å². The third-order valence-electron chi connectivity index (χ3n) is 3.24. The molecule has 0 heterocycles. The van der Waals surface area contributed by atoms with Crippen molar-refractivity contribution in [1.29, 1.82) is 0 Å². The zero-order valence-corrected chi connectivity index (χ0v) is 13.2. The van der Waals surface area contributed by atoms with Crippen LogP contribution in [-0.2, 0) is 0 Å². The lowest BCUT2D eigenvalue weighted by atomic mass is 10.2. The van der Waals surface area contributed by atoms with Crippen molar-refractivity contribution in [1.82, 2.24) is 0 Å². The molecule has 0 radical (unpaired) electrons. The van der Waals surface area contributed by atoms with E-state index in [1.807, 2.05) is 77.4 Å². The Labute approximate surface area is 138 Å². The number of nitrogens with one attached hydrogen (secondary N) is 1. The molecule has 2 rings (SSSR count). The van der Waals surface area contributed by atoms with Gasteiger partial charge in [-0.15, -0.1) is 0 Å². The van der Waals surface area contributed by atoms with Gasteiger partial charge in [-0.05, 0) is 30.3 Å². The first kappa shape index (κ1) is 16.2. The number of benzene rings is 2. The molecule has 114 valence electrons. The van der Waals surface area contributed by atoms with Gasteiger partial charge in [0.15, 0.2) is 0 Å². The SMILES string of the molecule is C=C/C=C\C(=C)[N+](C=C)=C(Nc1ccccc1)c1ccccc1. The Balaban J connectivity index is 2.52. The molecule has 0 amide bonds. The molecule has 0 bridgehead atoms. The number of anilines is 1. The Kier molecular flexibility index (Phi) is 5.89. The maximum atomic E-state index is 4.11. The number of hydrogen-bond donors (Lipinski definition) is 1. The third kappa shape index (κ3) is 4.42. The minimum atomic E-state index is 0.794. The Morgan fingerprint density at radius 3 is 2.09 bits per heavy atom. The molecule has 0 saturated carbocycles. The van der Waals surface area contributed by atoms with Gasteiger partial charge in [0.05, 0.1) is 11.8 Å². The fourth-order valence-corrected chi connectivity index (χ4v) is 2.14. The average molecular weight is 301 g/mol. The van der Waals surface area contributed by atoms with Crippen LogP contribution in [0.15, 0.2) is 111 Å². The van der Waals surface area contributed by atoms with Gasteiger partial charge in [-0.3, -0.25) is 0 Å². The van der Waals surface area contributed by atoms with Crippen molar-refractivity contribution in [2.24, 2.45) is 0 Å². The zero-order chi connectivity index (χ0) is 16.5. The first-order valence-electron chi connectivity index (χ1n) is 7.40. The van der Waals surface area contributed by atoms with Gasteiger partial charge in [0, 0.05) is 0 Å². The van der Waals surface area contributed by atoms with E-state index in [4.69, 9.17) is 0 Å². The molecule has 0 saturated heterocycles. The molecule has 0 unspecified atom stereocenters. The van der Waals surface area contributed by atoms with E-state index < -0.39 is 0 Å². The van der Waals surface area contributed by atoms with E-state index >= 15 is 0 Å². The molecule has 0 aliphatic heterocycles. The summed E-state index contributed by atoms with van der Waals surface area (Å²) in [6, 6.07) is 20.1. The Morgan fingerprint density at radius 1 is 0.913 bits per heavy atom. The summed E-state index contributed by atoms with van der Waals surface area (Å²) in [7, 11) is 0. The quantitative estimate of drug-likeness (QED) is 0.345. The predicted octanol–water partition coefficient (Wildman–Crippen LogP) is 4.96. The Morgan fingerprint density at radius 2 is 1.52 bits per heavy atom. The van der Waals surface area contributed by atoms with E-state index in [9.17, 15) is 0 Å². The van der Waals surface area contributed by atoms with Crippen molar-refractivity contribution in [3.8, 4) is 0 Å². The van der Waals surface area contributed by atoms with Crippen LogP contribution in [0.3, 0.4) is 0 Å². The predicted molar refractivity (Wildman–Crippen MR) is 99.6 cm³/mol. The molecule has 2 aromatic rings. The van der Waals surface area contributed by atoms with Gasteiger partial charge in [0.2, 0.25) is 0 Å². The second-order valence-corrected chi connectivity index (χ2v) is 4.84. The summed E-state index contributed by atoms with van der Waals surface area (Å²) in [4.78, 5) is 0. The highest BCUT2D eigenvalue weighted by Crippen LogP contribution is 2.12. The van der Waals surface area contributed by atoms with Crippen LogP contribution >= 0.6 is 0 Å². The lowest BCUT2D eigenvalue weighted by Crippen LogP contribution is -2.24. The van der Waals surface area contributed by atoms with Crippen molar-refractivity contribution >= 4 is 11.5 Å². The number of rotatable bonds is 6. The molecule has 23 heavy (non-hydrogen) atoms. The van der Waals surface area contributed by atoms with Crippen LogP contribution in [0.4, 0.5) is 5.69 Å². The van der Waals surface area contributed by atoms with Crippen LogP contribution in [0.1, 0.15) is 5.56 Å². The monoisotopic (exact) mass is 301 g/mol. The van der Waals surface area contributed by atoms with Gasteiger partial charge in [0.25, 0.3) is 5.84 Å². The molecule has 1 N–H and O–H groups in total. The van der Waals surface area contributed by atoms with Crippen LogP contribution in [0, 0.1) is 0 Å². The van der Waals surface area contributed by atoms with Gasteiger partial charge in [0.1, 0.15) is 11.4 Å². The number of hydrogen-bond acceptors (Lipinski definition) is 0. The highest BCUT2D eigenvalue weighted by atomic mass is 15.1. The number of para-hydroxylation sites is 1. The largest absolute Gasteiger partial charge is 0.292 e. The fourth-order valence-electron chi connectivity index (χ4n) is 2.14. The first-order valence-corrected chi connectivity index (χ1v) is 7.40. The maximum Gasteiger partial charge on any atom is 0.292 e. The summed E-state index contributed by atoms with van der Waals surface area (Å²) in [5.74, 6) is 0.894. The summed E-state index contributed by atoms with van der Waals surface area (Å²) in [5, 5.41) is 3.45. The lowest BCUT2D eigenvalue weighted by molar-refractivity contribution is -0.393. The lowest BCUT2D eigenvalue weighted by Gasteiger charge is -2.10. The smallest absolute Gasteiger partial charge is 0.240 e. The minimum absolute atomic E-state index is 0.794. The van der Waals surface area contributed by atoms with Crippen molar-refractivity contribution in [3.63, 3.8) is 0 Å². The molecule has 0 spiro atoms. The molecule has 0 fully saturated rings. The van der Waals surface area contributed by atoms with Crippen molar-refractivity contribution in [2.45, 2.75) is 0 Å². The number of nitrogens with zero attached hydrogens (tertiary/aromatic N) is 1. The minimum Gasteiger partial charge on any atom is -0.240 e. The van der Waals surface area contributed by atoms with Crippen molar-refractivity contribution in [2.75, 3.05) is 5.32 Å². The summed E-state index contributed by atoms with van der Waals surface area (Å²) >= 11 is 0. The highest BCUT2D eigenvalue weighted by Gasteiger charge is 2.16. The van der Waals surface area contributed by atoms with Gasteiger partial charge in [-0.25, -0.2) is 9.89 Å². The summed E-state index contributed by atoms with van der Waals surface area (Å²) in [5.41, 5.74) is 2.84. The Hall–Kier alpha value is -3.13. The normalized spacial score (nSPS) is 11.7. The highest BCUT2D eigenvalue weighted by molar-refractivity contribution is 6.05. The van der Waals surface area contributed by atoms with Crippen LogP contribution in [0.25, 0.3) is 0 Å². The molecule has 2 heteroatoms.